The molecule has 0 fully saturated rings. The Morgan fingerprint density at radius 2 is 1.07 bits per heavy atom. The van der Waals surface area contributed by atoms with Gasteiger partial charge in [0.1, 0.15) is 0 Å². The van der Waals surface area contributed by atoms with Crippen LogP contribution in [0.15, 0.2) is 12.5 Å². The van der Waals surface area contributed by atoms with Crippen LogP contribution >= 0.6 is 0 Å². The molecule has 0 aliphatic rings. The predicted octanol–water partition coefficient (Wildman–Crippen LogP) is 1.29. The Kier molecular flexibility index (Phi) is 9.89. The van der Waals surface area contributed by atoms with E-state index in [1.807, 2.05) is 0 Å². The summed E-state index contributed by atoms with van der Waals surface area (Å²) in [4.78, 5) is 19.8. The minimum Gasteiger partial charge on any atom is -0.482 e. The van der Waals surface area contributed by atoms with Crippen LogP contribution in [0.1, 0.15) is 25.7 Å². The van der Waals surface area contributed by atoms with Crippen molar-refractivity contribution in [3.63, 3.8) is 0 Å². The van der Waals surface area contributed by atoms with E-state index < -0.39 is 17.9 Å². The maximum atomic E-state index is 9.90. The fraction of sp³-hybridized carbons (Fsp3) is 0.500. The summed E-state index contributed by atoms with van der Waals surface area (Å²) in [5.41, 5.74) is 0. The predicted molar refractivity (Wildman–Crippen MR) is 48.1 cm³/mol. The van der Waals surface area contributed by atoms with E-state index in [0.717, 1.165) is 0 Å². The summed E-state index contributed by atoms with van der Waals surface area (Å²) in [6.07, 6.45) is 1.02. The highest BCUT2D eigenvalue weighted by molar-refractivity contribution is 5.67. The Morgan fingerprint density at radius 3 is 1.21 bits per heavy atom. The van der Waals surface area contributed by atoms with Gasteiger partial charge < -0.3 is 20.4 Å². The van der Waals surface area contributed by atoms with Crippen molar-refractivity contribution in [1.29, 1.82) is 0 Å². The Morgan fingerprint density at radius 1 is 0.857 bits per heavy atom. The summed E-state index contributed by atoms with van der Waals surface area (Å²) in [6, 6.07) is 0. The highest BCUT2D eigenvalue weighted by Crippen LogP contribution is 1.98. The summed E-state index contributed by atoms with van der Waals surface area (Å²) in [5, 5.41) is 31.1. The number of aliphatic carboxylic acids is 2. The Hall–Kier alpha value is -1.72. The number of hydrogen-bond donors (Lipinski definition) is 4. The molecule has 0 aliphatic carbocycles. The van der Waals surface area contributed by atoms with Gasteiger partial charge >= 0.3 is 11.9 Å². The van der Waals surface area contributed by atoms with E-state index in [-0.39, 0.29) is 12.8 Å². The molecule has 0 rings (SSSR count). The van der Waals surface area contributed by atoms with Gasteiger partial charge in [0.2, 0.25) is 0 Å². The van der Waals surface area contributed by atoms with Crippen LogP contribution in [-0.4, -0.2) is 32.4 Å². The molecular formula is C8H14O6. The molecule has 82 valence electrons. The maximum Gasteiger partial charge on any atom is 0.303 e. The number of aliphatic hydroxyl groups excluding tert-OH is 1. The van der Waals surface area contributed by atoms with Crippen molar-refractivity contribution in [2.75, 3.05) is 0 Å². The lowest BCUT2D eigenvalue weighted by Gasteiger charge is -1.92. The van der Waals surface area contributed by atoms with E-state index in [4.69, 9.17) is 20.4 Å². The molecule has 0 radical (unpaired) electrons. The van der Waals surface area contributed by atoms with Crippen LogP contribution in [0.2, 0.25) is 0 Å². The molecule has 0 heterocycles. The molecule has 4 N–H and O–H groups in total. The van der Waals surface area contributed by atoms with E-state index in [1.54, 1.807) is 0 Å². The van der Waals surface area contributed by atoms with Gasteiger partial charge in [-0.25, -0.2) is 0 Å². The number of carboxylic acids is 2. The lowest BCUT2D eigenvalue weighted by atomic mass is 10.2. The molecule has 0 saturated carbocycles. The van der Waals surface area contributed by atoms with Crippen LogP contribution in [-0.2, 0) is 9.59 Å². The maximum absolute atomic E-state index is 9.90. The number of carbonyl (C=O) groups is 2. The first-order chi connectivity index (χ1) is 6.36. The number of aliphatic hydroxyl groups is 2. The third kappa shape index (κ3) is 31.8. The summed E-state index contributed by atoms with van der Waals surface area (Å²) in [7, 11) is 0. The third-order valence-electron chi connectivity index (χ3n) is 1.03. The molecule has 14 heavy (non-hydrogen) atoms. The van der Waals surface area contributed by atoms with Gasteiger partial charge in [0.25, 0.3) is 5.95 Å². The van der Waals surface area contributed by atoms with Crippen molar-refractivity contribution in [3.05, 3.63) is 12.5 Å². The molecule has 0 bridgehead atoms. The Labute approximate surface area is 81.1 Å². The molecule has 6 nitrogen and oxygen atoms in total. The topological polar surface area (TPSA) is 115 Å². The van der Waals surface area contributed by atoms with E-state index in [1.165, 1.54) is 0 Å². The lowest BCUT2D eigenvalue weighted by molar-refractivity contribution is -0.139. The summed E-state index contributed by atoms with van der Waals surface area (Å²) in [5.74, 6) is -2.57. The zero-order valence-corrected chi connectivity index (χ0v) is 7.64. The van der Waals surface area contributed by atoms with Crippen molar-refractivity contribution in [2.24, 2.45) is 0 Å². The largest absolute Gasteiger partial charge is 0.482 e. The van der Waals surface area contributed by atoms with Gasteiger partial charge in [0, 0.05) is 12.8 Å². The van der Waals surface area contributed by atoms with E-state index >= 15 is 0 Å². The van der Waals surface area contributed by atoms with Crippen molar-refractivity contribution in [2.45, 2.75) is 25.7 Å². The summed E-state index contributed by atoms with van der Waals surface area (Å²) < 4.78 is 0. The highest BCUT2D eigenvalue weighted by Gasteiger charge is 1.99. The standard InChI is InChI=1S/C6H10O4.C2H4O2/c7-5(8)3-1-2-4-6(9)10;1-2(3)4/h1-4H2,(H,7,8)(H,9,10);3-4H,1H2. The quantitative estimate of drug-likeness (QED) is 0.398. The van der Waals surface area contributed by atoms with Gasteiger partial charge in [0.05, 0.1) is 0 Å². The molecule has 0 aromatic heterocycles. The third-order valence-corrected chi connectivity index (χ3v) is 1.03. The van der Waals surface area contributed by atoms with Gasteiger partial charge in [-0.3, -0.25) is 9.59 Å². The first-order valence-electron chi connectivity index (χ1n) is 3.86. The number of hydrogen-bond acceptors (Lipinski definition) is 4. The van der Waals surface area contributed by atoms with Crippen LogP contribution in [0, 0.1) is 0 Å². The Bertz CT molecular complexity index is 178. The second-order valence-electron chi connectivity index (χ2n) is 2.41. The number of carboxylic acid groups (broad SMARTS) is 2. The molecule has 0 saturated heterocycles. The molecule has 6 heteroatoms. The minimum atomic E-state index is -0.870. The SMILES string of the molecule is C=C(O)O.O=C(O)CCCCC(=O)O. The highest BCUT2D eigenvalue weighted by atomic mass is 16.5. The number of rotatable bonds is 5. The van der Waals surface area contributed by atoms with Gasteiger partial charge in [-0.1, -0.05) is 0 Å². The zero-order valence-electron chi connectivity index (χ0n) is 7.64. The van der Waals surface area contributed by atoms with Gasteiger partial charge in [-0.05, 0) is 19.4 Å². The summed E-state index contributed by atoms with van der Waals surface area (Å²) >= 11 is 0. The van der Waals surface area contributed by atoms with E-state index in [0.29, 0.717) is 12.8 Å². The minimum absolute atomic E-state index is 0.0628. The van der Waals surface area contributed by atoms with Crippen LogP contribution < -0.4 is 0 Å². The molecular weight excluding hydrogens is 192 g/mol. The lowest BCUT2D eigenvalue weighted by Crippen LogP contribution is -1.97. The average Bonchev–Trinajstić information content (AvgIpc) is 1.96. The second kappa shape index (κ2) is 9.37. The smallest absolute Gasteiger partial charge is 0.303 e. The molecule has 0 aromatic rings. The fourth-order valence-electron chi connectivity index (χ4n) is 0.552. The molecule has 0 amide bonds. The van der Waals surface area contributed by atoms with Gasteiger partial charge in [-0.15, -0.1) is 0 Å². The van der Waals surface area contributed by atoms with Gasteiger partial charge in [-0.2, -0.15) is 0 Å². The van der Waals surface area contributed by atoms with E-state index in [9.17, 15) is 9.59 Å². The average molecular weight is 206 g/mol. The van der Waals surface area contributed by atoms with Crippen LogP contribution in [0.3, 0.4) is 0 Å². The van der Waals surface area contributed by atoms with E-state index in [2.05, 4.69) is 6.58 Å². The van der Waals surface area contributed by atoms with Crippen molar-refractivity contribution < 1.29 is 30.0 Å². The van der Waals surface area contributed by atoms with Crippen LogP contribution in [0.25, 0.3) is 0 Å². The molecule has 0 aromatic carbocycles. The molecule has 0 aliphatic heterocycles. The zero-order chi connectivity index (χ0) is 11.6. The van der Waals surface area contributed by atoms with Crippen molar-refractivity contribution >= 4 is 11.9 Å². The normalized spacial score (nSPS) is 8.29. The van der Waals surface area contributed by atoms with Crippen LogP contribution in [0.5, 0.6) is 0 Å². The second-order valence-corrected chi connectivity index (χ2v) is 2.41. The molecule has 0 spiro atoms. The first-order valence-corrected chi connectivity index (χ1v) is 3.86. The first kappa shape index (κ1) is 14.8. The van der Waals surface area contributed by atoms with Gasteiger partial charge in [0.15, 0.2) is 0 Å². The van der Waals surface area contributed by atoms with Crippen molar-refractivity contribution in [1.82, 2.24) is 0 Å². The number of unbranched alkanes of at least 4 members (excludes halogenated alkanes) is 1. The molecule has 0 atom stereocenters. The van der Waals surface area contributed by atoms with Crippen molar-refractivity contribution in [3.8, 4) is 0 Å². The van der Waals surface area contributed by atoms with Crippen LogP contribution in [0.4, 0.5) is 0 Å². The summed E-state index contributed by atoms with van der Waals surface area (Å²) in [6.45, 7) is 2.67. The molecule has 0 unspecified atom stereocenters. The Balaban J connectivity index is 0. The monoisotopic (exact) mass is 206 g/mol. The fourth-order valence-corrected chi connectivity index (χ4v) is 0.552.